The number of hydrogen-bond donors (Lipinski definition) is 0. The van der Waals surface area contributed by atoms with Crippen LogP contribution >= 0.6 is 11.8 Å². The molecule has 0 atom stereocenters. The van der Waals surface area contributed by atoms with Crippen molar-refractivity contribution in [1.82, 2.24) is 5.06 Å². The number of ether oxygens (including phenoxy) is 1. The summed E-state index contributed by atoms with van der Waals surface area (Å²) in [7, 11) is 0. The number of thioether (sulfide) groups is 1. The predicted molar refractivity (Wildman–Crippen MR) is 93.2 cm³/mol. The Morgan fingerprint density at radius 3 is 2.21 bits per heavy atom. The van der Waals surface area contributed by atoms with Crippen molar-refractivity contribution in [1.29, 1.82) is 0 Å². The van der Waals surface area contributed by atoms with Crippen molar-refractivity contribution in [3.05, 3.63) is 0 Å². The summed E-state index contributed by atoms with van der Waals surface area (Å²) in [6.07, 6.45) is 1.17. The molecule has 1 saturated heterocycles. The minimum Gasteiger partial charge on any atom is -0.374 e. The third-order valence-electron chi connectivity index (χ3n) is 4.36. The molecule has 7 heteroatoms. The Morgan fingerprint density at radius 1 is 1.17 bits per heavy atom. The second kappa shape index (κ2) is 8.34. The lowest BCUT2D eigenvalue weighted by molar-refractivity contribution is -0.195. The van der Waals surface area contributed by atoms with Crippen molar-refractivity contribution < 1.29 is 24.0 Å². The van der Waals surface area contributed by atoms with Gasteiger partial charge in [0.05, 0.1) is 11.4 Å². The van der Waals surface area contributed by atoms with Gasteiger partial charge in [0.25, 0.3) is 11.8 Å². The van der Waals surface area contributed by atoms with Gasteiger partial charge in [-0.1, -0.05) is 13.8 Å². The van der Waals surface area contributed by atoms with Crippen LogP contribution in [0.2, 0.25) is 0 Å². The maximum Gasteiger partial charge on any atom is 0.343 e. The summed E-state index contributed by atoms with van der Waals surface area (Å²) in [6.45, 7) is 13.0. The Morgan fingerprint density at radius 2 is 1.71 bits per heavy atom. The first-order chi connectivity index (χ1) is 11.0. The van der Waals surface area contributed by atoms with Gasteiger partial charge in [0, 0.05) is 24.2 Å². The monoisotopic (exact) mass is 359 g/mol. The Bertz CT molecular complexity index is 471. The highest BCUT2D eigenvalue weighted by atomic mass is 32.2. The fourth-order valence-corrected chi connectivity index (χ4v) is 2.86. The van der Waals surface area contributed by atoms with Crippen molar-refractivity contribution in [2.24, 2.45) is 5.92 Å². The van der Waals surface area contributed by atoms with E-state index in [1.807, 2.05) is 27.7 Å². The highest BCUT2D eigenvalue weighted by molar-refractivity contribution is 8.01. The molecule has 6 nitrogen and oxygen atoms in total. The number of hydroxylamine groups is 2. The van der Waals surface area contributed by atoms with E-state index in [9.17, 15) is 14.4 Å². The van der Waals surface area contributed by atoms with Gasteiger partial charge in [-0.3, -0.25) is 9.59 Å². The molecule has 0 saturated carbocycles. The first kappa shape index (κ1) is 21.0. The van der Waals surface area contributed by atoms with Crippen LogP contribution in [0.3, 0.4) is 0 Å². The van der Waals surface area contributed by atoms with E-state index < -0.39 is 23.4 Å². The number of hydrogen-bond acceptors (Lipinski definition) is 6. The van der Waals surface area contributed by atoms with E-state index in [0.29, 0.717) is 17.6 Å². The summed E-state index contributed by atoms with van der Waals surface area (Å²) in [6, 6.07) is 0. The topological polar surface area (TPSA) is 72.9 Å². The molecule has 0 unspecified atom stereocenters. The number of imide groups is 1. The number of carbonyl (C=O) groups is 3. The molecule has 138 valence electrons. The van der Waals surface area contributed by atoms with Crippen molar-refractivity contribution >= 4 is 29.5 Å². The average molecular weight is 359 g/mol. The van der Waals surface area contributed by atoms with Crippen molar-refractivity contribution in [3.63, 3.8) is 0 Å². The van der Waals surface area contributed by atoms with Gasteiger partial charge in [0.1, 0.15) is 0 Å². The summed E-state index contributed by atoms with van der Waals surface area (Å²) in [5.41, 5.74) is -0.438. The standard InChI is InChI=1S/C17H29NO5S/c1-12(2)9-10-22-16(3,4)17(5,6)24-11-15(21)23-18-13(19)7-8-14(18)20/h12H,7-11H2,1-6H3. The molecule has 0 aromatic rings. The van der Waals surface area contributed by atoms with Crippen LogP contribution in [0.25, 0.3) is 0 Å². The van der Waals surface area contributed by atoms with Crippen molar-refractivity contribution in [2.75, 3.05) is 12.4 Å². The molecule has 0 spiro atoms. The Kier molecular flexibility index (Phi) is 7.28. The molecule has 24 heavy (non-hydrogen) atoms. The Hall–Kier alpha value is -1.08. The van der Waals surface area contributed by atoms with Crippen LogP contribution in [-0.2, 0) is 24.0 Å². The summed E-state index contributed by atoms with van der Waals surface area (Å²) in [4.78, 5) is 39.7. The molecule has 1 aliphatic rings. The van der Waals surface area contributed by atoms with Crippen LogP contribution in [0, 0.1) is 5.92 Å². The second-order valence-electron chi connectivity index (χ2n) is 7.39. The lowest BCUT2D eigenvalue weighted by Gasteiger charge is -2.41. The van der Waals surface area contributed by atoms with E-state index in [1.54, 1.807) is 0 Å². The second-order valence-corrected chi connectivity index (χ2v) is 8.98. The summed E-state index contributed by atoms with van der Waals surface area (Å²) < 4.78 is 5.67. The number of carbonyl (C=O) groups excluding carboxylic acids is 3. The zero-order valence-electron chi connectivity index (χ0n) is 15.5. The van der Waals surface area contributed by atoms with E-state index in [2.05, 4.69) is 13.8 Å². The van der Waals surface area contributed by atoms with Crippen LogP contribution in [0.15, 0.2) is 0 Å². The predicted octanol–water partition coefficient (Wildman–Crippen LogP) is 2.95. The number of nitrogens with zero attached hydrogens (tertiary/aromatic N) is 1. The summed E-state index contributed by atoms with van der Waals surface area (Å²) >= 11 is 1.39. The first-order valence-corrected chi connectivity index (χ1v) is 9.29. The van der Waals surface area contributed by atoms with Crippen molar-refractivity contribution in [3.8, 4) is 0 Å². The van der Waals surface area contributed by atoms with E-state index in [1.165, 1.54) is 11.8 Å². The third kappa shape index (κ3) is 5.77. The van der Waals surface area contributed by atoms with Crippen LogP contribution < -0.4 is 0 Å². The summed E-state index contributed by atoms with van der Waals surface area (Å²) in [5.74, 6) is -0.914. The zero-order chi connectivity index (χ0) is 18.5. The van der Waals surface area contributed by atoms with E-state index in [-0.39, 0.29) is 23.3 Å². The van der Waals surface area contributed by atoms with Gasteiger partial charge in [-0.15, -0.1) is 16.8 Å². The molecule has 0 aliphatic carbocycles. The molecule has 0 aromatic carbocycles. The molecule has 0 bridgehead atoms. The molecule has 1 heterocycles. The van der Waals surface area contributed by atoms with Crippen LogP contribution in [0.4, 0.5) is 0 Å². The van der Waals surface area contributed by atoms with E-state index >= 15 is 0 Å². The van der Waals surface area contributed by atoms with Crippen LogP contribution in [0.1, 0.15) is 60.8 Å². The molecule has 0 N–H and O–H groups in total. The van der Waals surface area contributed by atoms with Gasteiger partial charge in [-0.05, 0) is 40.0 Å². The van der Waals surface area contributed by atoms with Gasteiger partial charge in [-0.25, -0.2) is 4.79 Å². The zero-order valence-corrected chi connectivity index (χ0v) is 16.3. The van der Waals surface area contributed by atoms with Gasteiger partial charge in [-0.2, -0.15) is 0 Å². The lowest BCUT2D eigenvalue weighted by Crippen LogP contribution is -2.46. The lowest BCUT2D eigenvalue weighted by atomic mass is 9.93. The average Bonchev–Trinajstić information content (AvgIpc) is 2.76. The normalized spacial score (nSPS) is 16.2. The highest BCUT2D eigenvalue weighted by Gasteiger charge is 2.40. The number of amides is 2. The molecule has 1 fully saturated rings. The Balaban J connectivity index is 2.49. The fraction of sp³-hybridized carbons (Fsp3) is 0.824. The summed E-state index contributed by atoms with van der Waals surface area (Å²) in [5, 5.41) is 0.584. The van der Waals surface area contributed by atoms with Gasteiger partial charge in [0.2, 0.25) is 0 Å². The maximum atomic E-state index is 11.9. The van der Waals surface area contributed by atoms with Crippen LogP contribution in [0.5, 0.6) is 0 Å². The molecular formula is C17H29NO5S. The van der Waals surface area contributed by atoms with Crippen molar-refractivity contribution in [2.45, 2.75) is 71.2 Å². The smallest absolute Gasteiger partial charge is 0.343 e. The SMILES string of the molecule is CC(C)CCOC(C)(C)C(C)(C)SCC(=O)ON1C(=O)CCC1=O. The first-order valence-electron chi connectivity index (χ1n) is 8.31. The maximum absolute atomic E-state index is 11.9. The quantitative estimate of drug-likeness (QED) is 0.589. The molecule has 0 radical (unpaired) electrons. The third-order valence-corrected chi connectivity index (χ3v) is 5.95. The molecule has 2 amide bonds. The van der Waals surface area contributed by atoms with E-state index in [0.717, 1.165) is 6.42 Å². The molecule has 1 rings (SSSR count). The largest absolute Gasteiger partial charge is 0.374 e. The van der Waals surface area contributed by atoms with Crippen LogP contribution in [-0.4, -0.2) is 45.6 Å². The molecule has 0 aromatic heterocycles. The minimum atomic E-state index is -0.602. The fourth-order valence-electron chi connectivity index (χ4n) is 1.92. The highest BCUT2D eigenvalue weighted by Crippen LogP contribution is 2.38. The van der Waals surface area contributed by atoms with Gasteiger partial charge < -0.3 is 9.57 Å². The van der Waals surface area contributed by atoms with Gasteiger partial charge >= 0.3 is 5.97 Å². The number of rotatable bonds is 9. The van der Waals surface area contributed by atoms with Gasteiger partial charge in [0.15, 0.2) is 0 Å². The molecule has 1 aliphatic heterocycles. The minimum absolute atomic E-state index is 0.0427. The van der Waals surface area contributed by atoms with E-state index in [4.69, 9.17) is 9.57 Å². The molecular weight excluding hydrogens is 330 g/mol. The Labute approximate surface area is 148 Å².